The summed E-state index contributed by atoms with van der Waals surface area (Å²) in [5.74, 6) is 0.245. The topological polar surface area (TPSA) is 76.9 Å². The molecule has 0 saturated carbocycles. The van der Waals surface area contributed by atoms with Crippen molar-refractivity contribution in [3.63, 3.8) is 0 Å². The summed E-state index contributed by atoms with van der Waals surface area (Å²) in [5.41, 5.74) is 1.38. The number of nitrogens with zero attached hydrogens (tertiary/aromatic N) is 3. The van der Waals surface area contributed by atoms with E-state index in [0.717, 1.165) is 5.56 Å². The quantitative estimate of drug-likeness (QED) is 0.787. The maximum absolute atomic E-state index is 12.5. The van der Waals surface area contributed by atoms with Crippen molar-refractivity contribution >= 4 is 33.3 Å². The molecule has 0 saturated heterocycles. The Labute approximate surface area is 130 Å². The number of carbonyl (C=O) groups excluding carboxylic acids is 1. The lowest BCUT2D eigenvalue weighted by Gasteiger charge is -2.05. The average Bonchev–Trinajstić information content (AvgIpc) is 2.83. The Morgan fingerprint density at radius 2 is 2.09 bits per heavy atom. The van der Waals surface area contributed by atoms with Crippen molar-refractivity contribution in [2.45, 2.75) is 13.8 Å². The minimum absolute atomic E-state index is 0.146. The van der Waals surface area contributed by atoms with Crippen LogP contribution in [0, 0.1) is 13.8 Å². The van der Waals surface area contributed by atoms with Crippen LogP contribution in [0.2, 0.25) is 0 Å². The third kappa shape index (κ3) is 2.29. The van der Waals surface area contributed by atoms with Crippen LogP contribution < -0.4 is 10.9 Å². The molecule has 3 heterocycles. The number of pyridine rings is 1. The minimum atomic E-state index is -0.274. The standard InChI is InChI=1S/C15H14N4O2S/c1-8-5-4-6-16-12(8)18-13(20)11-9(2)10-14(22-11)17-7-19(3)15(10)21/h4-7H,1-3H3,(H,16,18,20). The Hall–Kier alpha value is -2.54. The highest BCUT2D eigenvalue weighted by atomic mass is 32.1. The molecule has 1 N–H and O–H groups in total. The molecule has 0 unspecified atom stereocenters. The molecular weight excluding hydrogens is 300 g/mol. The lowest BCUT2D eigenvalue weighted by molar-refractivity contribution is 0.102. The summed E-state index contributed by atoms with van der Waals surface area (Å²) in [7, 11) is 1.64. The van der Waals surface area contributed by atoms with Crippen LogP contribution in [-0.4, -0.2) is 20.4 Å². The largest absolute Gasteiger partial charge is 0.306 e. The highest BCUT2D eigenvalue weighted by molar-refractivity contribution is 7.20. The van der Waals surface area contributed by atoms with Gasteiger partial charge in [-0.2, -0.15) is 0 Å². The Morgan fingerprint density at radius 1 is 1.32 bits per heavy atom. The second-order valence-electron chi connectivity index (χ2n) is 5.02. The molecule has 7 heteroatoms. The van der Waals surface area contributed by atoms with Crippen LogP contribution in [-0.2, 0) is 7.05 Å². The number of anilines is 1. The van der Waals surface area contributed by atoms with Crippen molar-refractivity contribution < 1.29 is 4.79 Å². The number of aromatic nitrogens is 3. The highest BCUT2D eigenvalue weighted by Crippen LogP contribution is 2.27. The zero-order valence-electron chi connectivity index (χ0n) is 12.4. The fourth-order valence-corrected chi connectivity index (χ4v) is 3.24. The Bertz CT molecular complexity index is 942. The number of hydrogen-bond donors (Lipinski definition) is 1. The zero-order chi connectivity index (χ0) is 15.9. The molecule has 0 aliphatic carbocycles. The molecule has 6 nitrogen and oxygen atoms in total. The van der Waals surface area contributed by atoms with Crippen molar-refractivity contribution in [1.82, 2.24) is 14.5 Å². The van der Waals surface area contributed by atoms with E-state index >= 15 is 0 Å². The molecule has 3 rings (SSSR count). The maximum Gasteiger partial charge on any atom is 0.267 e. The molecule has 1 amide bonds. The molecule has 3 aromatic rings. The monoisotopic (exact) mass is 314 g/mol. The molecule has 0 aliphatic rings. The molecule has 0 aromatic carbocycles. The van der Waals surface area contributed by atoms with Crippen molar-refractivity contribution in [3.8, 4) is 0 Å². The van der Waals surface area contributed by atoms with Gasteiger partial charge in [-0.3, -0.25) is 9.59 Å². The Balaban J connectivity index is 2.05. The molecular formula is C15H14N4O2S. The minimum Gasteiger partial charge on any atom is -0.306 e. The fourth-order valence-electron chi connectivity index (χ4n) is 2.21. The second-order valence-corrected chi connectivity index (χ2v) is 6.02. The van der Waals surface area contributed by atoms with Crippen LogP contribution in [0.15, 0.2) is 29.5 Å². The normalized spacial score (nSPS) is 10.9. The molecule has 0 spiro atoms. The summed E-state index contributed by atoms with van der Waals surface area (Å²) in [5, 5.41) is 3.28. The third-order valence-corrected chi connectivity index (χ3v) is 4.66. The molecule has 0 aliphatic heterocycles. The summed E-state index contributed by atoms with van der Waals surface area (Å²) in [6.07, 6.45) is 3.09. The van der Waals surface area contributed by atoms with Gasteiger partial charge in [0.25, 0.3) is 11.5 Å². The van der Waals surface area contributed by atoms with Gasteiger partial charge in [0.15, 0.2) is 0 Å². The predicted molar refractivity (Wildman–Crippen MR) is 86.5 cm³/mol. The number of hydrogen-bond acceptors (Lipinski definition) is 5. The van der Waals surface area contributed by atoms with Crippen LogP contribution in [0.1, 0.15) is 20.8 Å². The van der Waals surface area contributed by atoms with Gasteiger partial charge in [0.2, 0.25) is 0 Å². The van der Waals surface area contributed by atoms with Gasteiger partial charge in [-0.1, -0.05) is 6.07 Å². The molecule has 112 valence electrons. The smallest absolute Gasteiger partial charge is 0.267 e. The van der Waals surface area contributed by atoms with Gasteiger partial charge >= 0.3 is 0 Å². The van der Waals surface area contributed by atoms with E-state index in [4.69, 9.17) is 0 Å². The van der Waals surface area contributed by atoms with E-state index in [-0.39, 0.29) is 11.5 Å². The SMILES string of the molecule is Cc1cccnc1NC(=O)c1sc2ncn(C)c(=O)c2c1C. The van der Waals surface area contributed by atoms with Gasteiger partial charge < -0.3 is 9.88 Å². The van der Waals surface area contributed by atoms with Gasteiger partial charge in [-0.15, -0.1) is 11.3 Å². The molecule has 0 radical (unpaired) electrons. The lowest BCUT2D eigenvalue weighted by atomic mass is 10.2. The van der Waals surface area contributed by atoms with Crippen LogP contribution >= 0.6 is 11.3 Å². The first kappa shape index (κ1) is 14.4. The number of rotatable bonds is 2. The number of aryl methyl sites for hydroxylation is 3. The molecule has 0 atom stereocenters. The van der Waals surface area contributed by atoms with Gasteiger partial charge in [0, 0.05) is 13.2 Å². The molecule has 22 heavy (non-hydrogen) atoms. The molecule has 0 bridgehead atoms. The first-order valence-corrected chi connectivity index (χ1v) is 7.48. The van der Waals surface area contributed by atoms with Gasteiger partial charge in [-0.25, -0.2) is 9.97 Å². The summed E-state index contributed by atoms with van der Waals surface area (Å²) in [6, 6.07) is 3.68. The van der Waals surface area contributed by atoms with Gasteiger partial charge in [0.1, 0.15) is 10.6 Å². The van der Waals surface area contributed by atoms with Gasteiger partial charge in [-0.05, 0) is 31.0 Å². The Morgan fingerprint density at radius 3 is 2.82 bits per heavy atom. The van der Waals surface area contributed by atoms with Crippen molar-refractivity contribution in [2.75, 3.05) is 5.32 Å². The average molecular weight is 314 g/mol. The van der Waals surface area contributed by atoms with E-state index in [9.17, 15) is 9.59 Å². The number of carbonyl (C=O) groups is 1. The third-order valence-electron chi connectivity index (χ3n) is 3.46. The summed E-state index contributed by atoms with van der Waals surface area (Å²) in [6.45, 7) is 3.64. The molecule has 0 fully saturated rings. The van der Waals surface area contributed by atoms with Crippen LogP contribution in [0.5, 0.6) is 0 Å². The summed E-state index contributed by atoms with van der Waals surface area (Å²) >= 11 is 1.22. The first-order valence-electron chi connectivity index (χ1n) is 6.66. The number of amides is 1. The van der Waals surface area contributed by atoms with E-state index in [0.29, 0.717) is 26.5 Å². The maximum atomic E-state index is 12.5. The molecule has 3 aromatic heterocycles. The van der Waals surface area contributed by atoms with Crippen molar-refractivity contribution in [3.05, 3.63) is 51.0 Å². The Kier molecular flexibility index (Phi) is 3.50. The fraction of sp³-hybridized carbons (Fsp3) is 0.200. The van der Waals surface area contributed by atoms with Gasteiger partial charge in [0.05, 0.1) is 16.6 Å². The van der Waals surface area contributed by atoms with Crippen LogP contribution in [0.3, 0.4) is 0 Å². The number of fused-ring (bicyclic) bond motifs is 1. The second kappa shape index (κ2) is 5.34. The lowest BCUT2D eigenvalue weighted by Crippen LogP contribution is -2.17. The van der Waals surface area contributed by atoms with Crippen molar-refractivity contribution in [2.24, 2.45) is 7.05 Å². The van der Waals surface area contributed by atoms with E-state index in [1.54, 1.807) is 20.2 Å². The van der Waals surface area contributed by atoms with E-state index in [2.05, 4.69) is 15.3 Å². The highest BCUT2D eigenvalue weighted by Gasteiger charge is 2.19. The zero-order valence-corrected chi connectivity index (χ0v) is 13.2. The number of nitrogens with one attached hydrogen (secondary N) is 1. The predicted octanol–water partition coefficient (Wildman–Crippen LogP) is 2.26. The van der Waals surface area contributed by atoms with Crippen LogP contribution in [0.25, 0.3) is 10.2 Å². The van der Waals surface area contributed by atoms with Crippen molar-refractivity contribution in [1.29, 1.82) is 0 Å². The van der Waals surface area contributed by atoms with Crippen LogP contribution in [0.4, 0.5) is 5.82 Å². The number of thiophene rings is 1. The van der Waals surface area contributed by atoms with E-state index in [1.807, 2.05) is 19.1 Å². The summed E-state index contributed by atoms with van der Waals surface area (Å²) in [4.78, 5) is 34.1. The first-order chi connectivity index (χ1) is 10.5. The summed E-state index contributed by atoms with van der Waals surface area (Å²) < 4.78 is 1.41. The van der Waals surface area contributed by atoms with E-state index < -0.39 is 0 Å². The van der Waals surface area contributed by atoms with E-state index in [1.165, 1.54) is 22.2 Å².